The van der Waals surface area contributed by atoms with E-state index in [0.717, 1.165) is 31.1 Å². The molecule has 2 aliphatic carbocycles. The van der Waals surface area contributed by atoms with E-state index >= 15 is 0 Å². The molecular weight excluding hydrogens is 164 g/mol. The lowest BCUT2D eigenvalue weighted by molar-refractivity contribution is -0.145. The third-order valence-corrected chi connectivity index (χ3v) is 3.71. The number of carboxylic acids is 1. The maximum absolute atomic E-state index is 11.0. The molecule has 2 nitrogen and oxygen atoms in total. The zero-order valence-corrected chi connectivity index (χ0v) is 8.20. The van der Waals surface area contributed by atoms with E-state index in [1.165, 1.54) is 12.8 Å². The van der Waals surface area contributed by atoms with Gasteiger partial charge in [-0.05, 0) is 49.9 Å². The molecule has 0 aliphatic heterocycles. The Morgan fingerprint density at radius 3 is 2.46 bits per heavy atom. The maximum atomic E-state index is 11.0. The van der Waals surface area contributed by atoms with Crippen molar-refractivity contribution in [1.29, 1.82) is 0 Å². The van der Waals surface area contributed by atoms with Gasteiger partial charge in [0.05, 0.1) is 5.92 Å². The Kier molecular flexibility index (Phi) is 2.31. The summed E-state index contributed by atoms with van der Waals surface area (Å²) < 4.78 is 0. The molecule has 1 N–H and O–H groups in total. The lowest BCUT2D eigenvalue weighted by atomic mass is 9.72. The summed E-state index contributed by atoms with van der Waals surface area (Å²) in [4.78, 5) is 11.0. The van der Waals surface area contributed by atoms with E-state index in [4.69, 9.17) is 5.11 Å². The molecule has 0 aromatic carbocycles. The highest BCUT2D eigenvalue weighted by molar-refractivity contribution is 5.70. The SMILES string of the molecule is CC1CCC(C(=O)O)C(C2CC2)C1. The topological polar surface area (TPSA) is 37.3 Å². The summed E-state index contributed by atoms with van der Waals surface area (Å²) in [6.45, 7) is 2.26. The molecular formula is C11H18O2. The molecule has 74 valence electrons. The van der Waals surface area contributed by atoms with Gasteiger partial charge in [0, 0.05) is 0 Å². The van der Waals surface area contributed by atoms with Gasteiger partial charge in [0.25, 0.3) is 0 Å². The standard InChI is InChI=1S/C11H18O2/c1-7-2-5-9(11(12)13)10(6-7)8-3-4-8/h7-10H,2-6H2,1H3,(H,12,13). The average molecular weight is 182 g/mol. The quantitative estimate of drug-likeness (QED) is 0.712. The Morgan fingerprint density at radius 1 is 1.23 bits per heavy atom. The van der Waals surface area contributed by atoms with Gasteiger partial charge >= 0.3 is 5.97 Å². The van der Waals surface area contributed by atoms with E-state index in [1.54, 1.807) is 0 Å². The van der Waals surface area contributed by atoms with E-state index in [-0.39, 0.29) is 5.92 Å². The molecule has 3 atom stereocenters. The van der Waals surface area contributed by atoms with Crippen LogP contribution < -0.4 is 0 Å². The fourth-order valence-corrected chi connectivity index (χ4v) is 2.78. The van der Waals surface area contributed by atoms with Gasteiger partial charge in [-0.2, -0.15) is 0 Å². The predicted octanol–water partition coefficient (Wildman–Crippen LogP) is 2.53. The first-order valence-corrected chi connectivity index (χ1v) is 5.41. The summed E-state index contributed by atoms with van der Waals surface area (Å²) >= 11 is 0. The summed E-state index contributed by atoms with van der Waals surface area (Å²) in [6, 6.07) is 0. The van der Waals surface area contributed by atoms with Crippen LogP contribution in [0.3, 0.4) is 0 Å². The molecule has 2 heteroatoms. The van der Waals surface area contributed by atoms with Gasteiger partial charge in [-0.3, -0.25) is 4.79 Å². The van der Waals surface area contributed by atoms with Crippen LogP contribution in [0.15, 0.2) is 0 Å². The highest BCUT2D eigenvalue weighted by atomic mass is 16.4. The monoisotopic (exact) mass is 182 g/mol. The zero-order chi connectivity index (χ0) is 9.42. The Bertz CT molecular complexity index is 208. The van der Waals surface area contributed by atoms with Crippen LogP contribution in [0.2, 0.25) is 0 Å². The second-order valence-electron chi connectivity index (χ2n) is 4.86. The number of hydrogen-bond acceptors (Lipinski definition) is 1. The molecule has 0 spiro atoms. The smallest absolute Gasteiger partial charge is 0.306 e. The number of carboxylic acid groups (broad SMARTS) is 1. The largest absolute Gasteiger partial charge is 0.481 e. The van der Waals surface area contributed by atoms with E-state index in [1.807, 2.05) is 0 Å². The van der Waals surface area contributed by atoms with Crippen LogP contribution in [0.25, 0.3) is 0 Å². The summed E-state index contributed by atoms with van der Waals surface area (Å²) in [5, 5.41) is 9.07. The summed E-state index contributed by atoms with van der Waals surface area (Å²) in [7, 11) is 0. The molecule has 0 heterocycles. The number of hydrogen-bond donors (Lipinski definition) is 1. The highest BCUT2D eigenvalue weighted by Crippen LogP contribution is 2.48. The van der Waals surface area contributed by atoms with Crippen molar-refractivity contribution in [2.75, 3.05) is 0 Å². The van der Waals surface area contributed by atoms with Crippen LogP contribution in [0.5, 0.6) is 0 Å². The Labute approximate surface area is 79.3 Å². The lowest BCUT2D eigenvalue weighted by Crippen LogP contribution is -2.31. The van der Waals surface area contributed by atoms with Gasteiger partial charge in [-0.1, -0.05) is 6.92 Å². The second-order valence-corrected chi connectivity index (χ2v) is 4.86. The summed E-state index contributed by atoms with van der Waals surface area (Å²) in [5.41, 5.74) is 0. The number of carbonyl (C=O) groups is 1. The van der Waals surface area contributed by atoms with Gasteiger partial charge in [-0.15, -0.1) is 0 Å². The first-order valence-electron chi connectivity index (χ1n) is 5.41. The van der Waals surface area contributed by atoms with Crippen LogP contribution in [-0.2, 0) is 4.79 Å². The van der Waals surface area contributed by atoms with E-state index < -0.39 is 5.97 Å². The van der Waals surface area contributed by atoms with Crippen molar-refractivity contribution in [3.05, 3.63) is 0 Å². The number of rotatable bonds is 2. The van der Waals surface area contributed by atoms with Crippen molar-refractivity contribution in [3.63, 3.8) is 0 Å². The van der Waals surface area contributed by atoms with Crippen LogP contribution in [0.4, 0.5) is 0 Å². The molecule has 3 unspecified atom stereocenters. The normalized spacial score (nSPS) is 40.2. The fourth-order valence-electron chi connectivity index (χ4n) is 2.78. The van der Waals surface area contributed by atoms with Gasteiger partial charge in [0.2, 0.25) is 0 Å². The minimum absolute atomic E-state index is 0.0244. The third kappa shape index (κ3) is 1.87. The van der Waals surface area contributed by atoms with Gasteiger partial charge in [0.15, 0.2) is 0 Å². The van der Waals surface area contributed by atoms with Crippen LogP contribution in [0, 0.1) is 23.7 Å². The minimum Gasteiger partial charge on any atom is -0.481 e. The molecule has 0 amide bonds. The Hall–Kier alpha value is -0.530. The molecule has 2 rings (SSSR count). The molecule has 0 bridgehead atoms. The Balaban J connectivity index is 2.02. The molecule has 2 saturated carbocycles. The van der Waals surface area contributed by atoms with Crippen molar-refractivity contribution in [3.8, 4) is 0 Å². The van der Waals surface area contributed by atoms with Crippen LogP contribution in [0.1, 0.15) is 39.0 Å². The molecule has 0 saturated heterocycles. The second kappa shape index (κ2) is 3.32. The Morgan fingerprint density at radius 2 is 1.92 bits per heavy atom. The van der Waals surface area contributed by atoms with Crippen LogP contribution in [-0.4, -0.2) is 11.1 Å². The third-order valence-electron chi connectivity index (χ3n) is 3.71. The predicted molar refractivity (Wildman–Crippen MR) is 50.4 cm³/mol. The molecule has 0 aromatic rings. The minimum atomic E-state index is -0.552. The molecule has 13 heavy (non-hydrogen) atoms. The summed E-state index contributed by atoms with van der Waals surface area (Å²) in [5.74, 6) is 1.43. The van der Waals surface area contributed by atoms with Gasteiger partial charge in [-0.25, -0.2) is 0 Å². The summed E-state index contributed by atoms with van der Waals surface area (Å²) in [6.07, 6.45) is 5.74. The number of aliphatic carboxylic acids is 1. The van der Waals surface area contributed by atoms with E-state index in [2.05, 4.69) is 6.92 Å². The van der Waals surface area contributed by atoms with Crippen molar-refractivity contribution >= 4 is 5.97 Å². The lowest BCUT2D eigenvalue weighted by Gasteiger charge is -2.32. The van der Waals surface area contributed by atoms with Crippen molar-refractivity contribution in [2.24, 2.45) is 23.7 Å². The van der Waals surface area contributed by atoms with Gasteiger partial charge in [0.1, 0.15) is 0 Å². The van der Waals surface area contributed by atoms with Crippen LogP contribution >= 0.6 is 0 Å². The van der Waals surface area contributed by atoms with Crippen molar-refractivity contribution < 1.29 is 9.90 Å². The molecule has 0 radical (unpaired) electrons. The van der Waals surface area contributed by atoms with E-state index in [9.17, 15) is 4.79 Å². The van der Waals surface area contributed by atoms with E-state index in [0.29, 0.717) is 5.92 Å². The van der Waals surface area contributed by atoms with Gasteiger partial charge < -0.3 is 5.11 Å². The zero-order valence-electron chi connectivity index (χ0n) is 8.20. The fraction of sp³-hybridized carbons (Fsp3) is 0.909. The first kappa shape index (κ1) is 9.04. The first-order chi connectivity index (χ1) is 6.18. The highest BCUT2D eigenvalue weighted by Gasteiger charge is 2.42. The average Bonchev–Trinajstić information content (AvgIpc) is 2.85. The molecule has 2 fully saturated rings. The van der Waals surface area contributed by atoms with Crippen molar-refractivity contribution in [2.45, 2.75) is 39.0 Å². The maximum Gasteiger partial charge on any atom is 0.306 e. The molecule has 2 aliphatic rings. The molecule has 0 aromatic heterocycles. The van der Waals surface area contributed by atoms with Crippen molar-refractivity contribution in [1.82, 2.24) is 0 Å².